The number of fused-ring (bicyclic) bond motifs is 3. The smallest absolute Gasteiger partial charge is 0.408 e. The van der Waals surface area contributed by atoms with Crippen LogP contribution in [0.25, 0.3) is 21.9 Å². The number of rotatable bonds is 2. The largest absolute Gasteiger partial charge is 0.444 e. The summed E-state index contributed by atoms with van der Waals surface area (Å²) in [6.07, 6.45) is 3.17. The summed E-state index contributed by atoms with van der Waals surface area (Å²) in [6, 6.07) is 6.20. The van der Waals surface area contributed by atoms with Gasteiger partial charge in [-0.25, -0.2) is 9.78 Å². The average Bonchev–Trinajstić information content (AvgIpc) is 3.10. The highest BCUT2D eigenvalue weighted by Gasteiger charge is 2.15. The van der Waals surface area contributed by atoms with Crippen LogP contribution in [0.4, 0.5) is 4.79 Å². The van der Waals surface area contributed by atoms with Crippen molar-refractivity contribution in [1.82, 2.24) is 19.9 Å². The van der Waals surface area contributed by atoms with Gasteiger partial charge >= 0.3 is 6.09 Å². The van der Waals surface area contributed by atoms with E-state index in [1.807, 2.05) is 59.1 Å². The fraction of sp³-hybridized carbons (Fsp3) is 0.435. The van der Waals surface area contributed by atoms with Gasteiger partial charge in [-0.3, -0.25) is 4.98 Å². The maximum Gasteiger partial charge on any atom is 0.408 e. The molecule has 0 bridgehead atoms. The van der Waals surface area contributed by atoms with Crippen LogP contribution < -0.4 is 5.32 Å². The summed E-state index contributed by atoms with van der Waals surface area (Å²) in [5.41, 5.74) is 3.17. The summed E-state index contributed by atoms with van der Waals surface area (Å²) in [7, 11) is 0. The lowest BCUT2D eigenvalue weighted by Gasteiger charge is -2.18. The SMILES string of the molecule is CC.CC(C)n1cnc2cnc3ccc(C#CCNC(=O)OC(C)(C)C)cc3c21. The topological polar surface area (TPSA) is 69.0 Å². The number of benzene rings is 1. The Labute approximate surface area is 172 Å². The van der Waals surface area contributed by atoms with E-state index < -0.39 is 11.7 Å². The third-order valence-electron chi connectivity index (χ3n) is 3.91. The van der Waals surface area contributed by atoms with Gasteiger partial charge in [0.1, 0.15) is 11.1 Å². The number of imidazole rings is 1. The van der Waals surface area contributed by atoms with Crippen molar-refractivity contribution in [3.05, 3.63) is 36.3 Å². The van der Waals surface area contributed by atoms with E-state index in [2.05, 4.69) is 45.5 Å². The first-order chi connectivity index (χ1) is 13.7. The van der Waals surface area contributed by atoms with Gasteiger partial charge in [0, 0.05) is 17.0 Å². The monoisotopic (exact) mass is 394 g/mol. The first-order valence-corrected chi connectivity index (χ1v) is 9.95. The highest BCUT2D eigenvalue weighted by atomic mass is 16.6. The molecule has 0 aliphatic rings. The van der Waals surface area contributed by atoms with Crippen molar-refractivity contribution in [1.29, 1.82) is 0 Å². The van der Waals surface area contributed by atoms with Gasteiger partial charge in [-0.05, 0) is 52.8 Å². The van der Waals surface area contributed by atoms with Gasteiger partial charge < -0.3 is 14.6 Å². The van der Waals surface area contributed by atoms with Crippen LogP contribution in [0.5, 0.6) is 0 Å². The van der Waals surface area contributed by atoms with Crippen LogP contribution in [0.1, 0.15) is 60.1 Å². The van der Waals surface area contributed by atoms with Crippen LogP contribution in [0, 0.1) is 11.8 Å². The number of amides is 1. The molecule has 0 spiro atoms. The molecule has 6 heteroatoms. The molecule has 0 unspecified atom stereocenters. The molecule has 0 radical (unpaired) electrons. The second-order valence-corrected chi connectivity index (χ2v) is 7.63. The van der Waals surface area contributed by atoms with E-state index in [-0.39, 0.29) is 6.54 Å². The summed E-state index contributed by atoms with van der Waals surface area (Å²) in [4.78, 5) is 20.6. The van der Waals surface area contributed by atoms with Crippen molar-refractivity contribution in [2.75, 3.05) is 6.54 Å². The third-order valence-corrected chi connectivity index (χ3v) is 3.91. The number of carbonyl (C=O) groups excluding carboxylic acids is 1. The van der Waals surface area contributed by atoms with Crippen LogP contribution in [0.3, 0.4) is 0 Å². The molecule has 2 heterocycles. The van der Waals surface area contributed by atoms with Crippen LogP contribution >= 0.6 is 0 Å². The van der Waals surface area contributed by atoms with E-state index in [0.29, 0.717) is 6.04 Å². The number of carbonyl (C=O) groups is 1. The third kappa shape index (κ3) is 5.71. The Kier molecular flexibility index (Phi) is 7.22. The summed E-state index contributed by atoms with van der Waals surface area (Å²) in [5.74, 6) is 6.04. The molecule has 1 amide bonds. The predicted molar refractivity (Wildman–Crippen MR) is 118 cm³/mol. The fourth-order valence-corrected chi connectivity index (χ4v) is 2.76. The van der Waals surface area contributed by atoms with Gasteiger partial charge in [-0.2, -0.15) is 0 Å². The lowest BCUT2D eigenvalue weighted by molar-refractivity contribution is 0.0535. The van der Waals surface area contributed by atoms with Gasteiger partial charge in [0.25, 0.3) is 0 Å². The molecule has 29 heavy (non-hydrogen) atoms. The van der Waals surface area contributed by atoms with E-state index >= 15 is 0 Å². The summed E-state index contributed by atoms with van der Waals surface area (Å²) in [6.45, 7) is 13.9. The number of nitrogens with one attached hydrogen (secondary N) is 1. The van der Waals surface area contributed by atoms with Crippen molar-refractivity contribution in [2.45, 2.75) is 60.1 Å². The number of hydrogen-bond donors (Lipinski definition) is 1. The lowest BCUT2D eigenvalue weighted by Crippen LogP contribution is -2.32. The molecule has 1 N–H and O–H groups in total. The number of ether oxygens (including phenoxy) is 1. The van der Waals surface area contributed by atoms with Crippen LogP contribution in [-0.2, 0) is 4.74 Å². The van der Waals surface area contributed by atoms with E-state index in [1.165, 1.54) is 0 Å². The minimum atomic E-state index is -0.520. The van der Waals surface area contributed by atoms with Crippen molar-refractivity contribution in [3.63, 3.8) is 0 Å². The second kappa shape index (κ2) is 9.42. The molecular weight excluding hydrogens is 364 g/mol. The molecule has 1 aromatic carbocycles. The molecule has 3 rings (SSSR count). The zero-order valence-corrected chi connectivity index (χ0v) is 18.3. The lowest BCUT2D eigenvalue weighted by atomic mass is 10.1. The van der Waals surface area contributed by atoms with E-state index in [4.69, 9.17) is 4.74 Å². The molecular formula is C23H30N4O2. The molecule has 0 fully saturated rings. The maximum absolute atomic E-state index is 11.6. The maximum atomic E-state index is 11.6. The van der Waals surface area contributed by atoms with Crippen LogP contribution in [0.15, 0.2) is 30.7 Å². The first kappa shape index (κ1) is 22.2. The van der Waals surface area contributed by atoms with E-state index in [9.17, 15) is 4.79 Å². The Morgan fingerprint density at radius 1 is 1.21 bits per heavy atom. The molecule has 0 aliphatic heterocycles. The van der Waals surface area contributed by atoms with Crippen molar-refractivity contribution in [3.8, 4) is 11.8 Å². The van der Waals surface area contributed by atoms with Crippen molar-refractivity contribution >= 4 is 28.0 Å². The number of nitrogens with zero attached hydrogens (tertiary/aromatic N) is 3. The Morgan fingerprint density at radius 3 is 2.59 bits per heavy atom. The number of pyridine rings is 1. The van der Waals surface area contributed by atoms with E-state index in [1.54, 1.807) is 6.20 Å². The summed E-state index contributed by atoms with van der Waals surface area (Å²) in [5, 5.41) is 3.65. The fourth-order valence-electron chi connectivity index (χ4n) is 2.76. The summed E-state index contributed by atoms with van der Waals surface area (Å²) >= 11 is 0. The van der Waals surface area contributed by atoms with Crippen LogP contribution in [-0.4, -0.2) is 32.8 Å². The Hall–Kier alpha value is -3.07. The van der Waals surface area contributed by atoms with Gasteiger partial charge in [-0.15, -0.1) is 0 Å². The standard InChI is InChI=1S/C21H24N4O2.C2H6/c1-14(2)25-13-24-18-12-23-17-9-8-15(11-16(17)19(18)25)7-6-10-22-20(26)27-21(3,4)5;1-2/h8-9,11-14H,10H2,1-5H3,(H,22,26);1-2H3. The molecule has 0 atom stereocenters. The van der Waals surface area contributed by atoms with E-state index in [0.717, 1.165) is 27.5 Å². The molecule has 6 nitrogen and oxygen atoms in total. The zero-order valence-electron chi connectivity index (χ0n) is 18.3. The van der Waals surface area contributed by atoms with Gasteiger partial charge in [-0.1, -0.05) is 25.7 Å². The summed E-state index contributed by atoms with van der Waals surface area (Å²) < 4.78 is 7.33. The number of alkyl carbamates (subject to hydrolysis) is 1. The minimum absolute atomic E-state index is 0.222. The van der Waals surface area contributed by atoms with Crippen molar-refractivity contribution in [2.24, 2.45) is 0 Å². The molecule has 0 saturated heterocycles. The second-order valence-electron chi connectivity index (χ2n) is 7.63. The zero-order chi connectivity index (χ0) is 21.6. The van der Waals surface area contributed by atoms with Gasteiger partial charge in [0.05, 0.1) is 30.1 Å². The highest BCUT2D eigenvalue weighted by Crippen LogP contribution is 2.26. The quantitative estimate of drug-likeness (QED) is 0.616. The number of aromatic nitrogens is 3. The predicted octanol–water partition coefficient (Wildman–Crippen LogP) is 5.07. The van der Waals surface area contributed by atoms with Gasteiger partial charge in [0.2, 0.25) is 0 Å². The Bertz CT molecular complexity index is 1050. The Morgan fingerprint density at radius 2 is 1.93 bits per heavy atom. The average molecular weight is 395 g/mol. The minimum Gasteiger partial charge on any atom is -0.444 e. The first-order valence-electron chi connectivity index (χ1n) is 9.95. The normalized spacial score (nSPS) is 10.9. The van der Waals surface area contributed by atoms with Gasteiger partial charge in [0.15, 0.2) is 0 Å². The molecule has 0 aliphatic carbocycles. The Balaban J connectivity index is 0.00000145. The molecule has 2 aromatic heterocycles. The van der Waals surface area contributed by atoms with Crippen molar-refractivity contribution < 1.29 is 9.53 Å². The number of hydrogen-bond acceptors (Lipinski definition) is 4. The molecule has 0 saturated carbocycles. The highest BCUT2D eigenvalue weighted by molar-refractivity contribution is 6.02. The van der Waals surface area contributed by atoms with Crippen LogP contribution in [0.2, 0.25) is 0 Å². The molecule has 154 valence electrons. The molecule has 3 aromatic rings.